The van der Waals surface area contributed by atoms with Crippen LogP contribution in [0, 0.1) is 5.92 Å². The third kappa shape index (κ3) is 4.19. The first kappa shape index (κ1) is 15.8. The van der Waals surface area contributed by atoms with Gasteiger partial charge in [0.15, 0.2) is 0 Å². The summed E-state index contributed by atoms with van der Waals surface area (Å²) in [7, 11) is 4.19. The van der Waals surface area contributed by atoms with Crippen molar-refractivity contribution in [2.24, 2.45) is 5.92 Å². The van der Waals surface area contributed by atoms with E-state index in [9.17, 15) is 4.79 Å². The van der Waals surface area contributed by atoms with Crippen molar-refractivity contribution >= 4 is 5.91 Å². The molecule has 0 aliphatic carbocycles. The zero-order valence-electron chi connectivity index (χ0n) is 13.4. The monoisotopic (exact) mass is 281 g/mol. The number of carbonyl (C=O) groups excluding carboxylic acids is 1. The van der Waals surface area contributed by atoms with Crippen LogP contribution < -0.4 is 5.32 Å². The molecule has 20 heavy (non-hydrogen) atoms. The van der Waals surface area contributed by atoms with Crippen molar-refractivity contribution in [1.82, 2.24) is 15.1 Å². The van der Waals surface area contributed by atoms with E-state index in [4.69, 9.17) is 0 Å². The van der Waals surface area contributed by atoms with Crippen LogP contribution in [0.25, 0.3) is 0 Å². The summed E-state index contributed by atoms with van der Waals surface area (Å²) >= 11 is 0. The molecule has 4 heteroatoms. The van der Waals surface area contributed by atoms with Gasteiger partial charge in [0.2, 0.25) is 5.91 Å². The standard InChI is InChI=1S/C16H31N3O/c1-13-12-15(8-11-18(13)2)19(3)16(20)5-4-14-6-9-17-10-7-14/h13-15,17H,4-12H2,1-3H3/t13-,15+/m0/s1. The van der Waals surface area contributed by atoms with E-state index in [2.05, 4.69) is 24.2 Å². The number of amides is 1. The maximum Gasteiger partial charge on any atom is 0.222 e. The van der Waals surface area contributed by atoms with Crippen molar-refractivity contribution in [3.05, 3.63) is 0 Å². The van der Waals surface area contributed by atoms with Crippen molar-refractivity contribution in [2.75, 3.05) is 33.7 Å². The van der Waals surface area contributed by atoms with Crippen molar-refractivity contribution in [1.29, 1.82) is 0 Å². The molecule has 0 unspecified atom stereocenters. The van der Waals surface area contributed by atoms with Crippen LogP contribution in [0.15, 0.2) is 0 Å². The summed E-state index contributed by atoms with van der Waals surface area (Å²) in [5.74, 6) is 1.11. The Morgan fingerprint density at radius 2 is 2.00 bits per heavy atom. The van der Waals surface area contributed by atoms with E-state index >= 15 is 0 Å². The number of hydrogen-bond donors (Lipinski definition) is 1. The number of likely N-dealkylation sites (tertiary alicyclic amines) is 1. The summed E-state index contributed by atoms with van der Waals surface area (Å²) < 4.78 is 0. The molecule has 0 aromatic rings. The lowest BCUT2D eigenvalue weighted by Gasteiger charge is -2.39. The van der Waals surface area contributed by atoms with Crippen LogP contribution in [0.2, 0.25) is 0 Å². The molecule has 0 radical (unpaired) electrons. The molecule has 116 valence electrons. The molecular weight excluding hydrogens is 250 g/mol. The second-order valence-corrected chi connectivity index (χ2v) is 6.74. The maximum atomic E-state index is 12.4. The lowest BCUT2D eigenvalue weighted by atomic mass is 9.92. The number of nitrogens with one attached hydrogen (secondary N) is 1. The number of carbonyl (C=O) groups is 1. The Hall–Kier alpha value is -0.610. The van der Waals surface area contributed by atoms with E-state index < -0.39 is 0 Å². The zero-order valence-corrected chi connectivity index (χ0v) is 13.4. The third-order valence-electron chi connectivity index (χ3n) is 5.35. The first-order valence-electron chi connectivity index (χ1n) is 8.24. The number of rotatable bonds is 4. The summed E-state index contributed by atoms with van der Waals surface area (Å²) in [6.45, 7) is 5.62. The molecule has 2 saturated heterocycles. The molecule has 2 atom stereocenters. The zero-order chi connectivity index (χ0) is 14.5. The SMILES string of the molecule is C[C@H]1C[C@H](N(C)C(=O)CCC2CCNCC2)CCN1C. The van der Waals surface area contributed by atoms with Crippen molar-refractivity contribution in [3.8, 4) is 0 Å². The van der Waals surface area contributed by atoms with E-state index in [1.807, 2.05) is 11.9 Å². The predicted molar refractivity (Wildman–Crippen MR) is 82.7 cm³/mol. The number of hydrogen-bond acceptors (Lipinski definition) is 3. The average molecular weight is 281 g/mol. The Morgan fingerprint density at radius 3 is 2.65 bits per heavy atom. The average Bonchev–Trinajstić information content (AvgIpc) is 2.48. The molecule has 2 aliphatic heterocycles. The van der Waals surface area contributed by atoms with Crippen LogP contribution >= 0.6 is 0 Å². The summed E-state index contributed by atoms with van der Waals surface area (Å²) in [6.07, 6.45) is 6.53. The van der Waals surface area contributed by atoms with E-state index in [0.717, 1.165) is 51.2 Å². The van der Waals surface area contributed by atoms with Crippen LogP contribution in [-0.2, 0) is 4.79 Å². The third-order valence-corrected chi connectivity index (χ3v) is 5.35. The quantitative estimate of drug-likeness (QED) is 0.852. The summed E-state index contributed by atoms with van der Waals surface area (Å²) in [6, 6.07) is 1.04. The van der Waals surface area contributed by atoms with Gasteiger partial charge in [-0.05, 0) is 65.1 Å². The molecule has 2 rings (SSSR count). The predicted octanol–water partition coefficient (Wildman–Crippen LogP) is 1.71. The van der Waals surface area contributed by atoms with Gasteiger partial charge in [-0.2, -0.15) is 0 Å². The minimum absolute atomic E-state index is 0.352. The van der Waals surface area contributed by atoms with Gasteiger partial charge in [0.1, 0.15) is 0 Å². The fraction of sp³-hybridized carbons (Fsp3) is 0.938. The van der Waals surface area contributed by atoms with Crippen molar-refractivity contribution in [2.45, 2.75) is 57.5 Å². The van der Waals surface area contributed by atoms with E-state index in [1.54, 1.807) is 0 Å². The Labute approximate surface area is 123 Å². The topological polar surface area (TPSA) is 35.6 Å². The van der Waals surface area contributed by atoms with E-state index in [1.165, 1.54) is 12.8 Å². The van der Waals surface area contributed by atoms with Crippen molar-refractivity contribution < 1.29 is 4.79 Å². The van der Waals surface area contributed by atoms with Gasteiger partial charge < -0.3 is 15.1 Å². The van der Waals surface area contributed by atoms with Crippen LogP contribution in [0.5, 0.6) is 0 Å². The fourth-order valence-corrected chi connectivity index (χ4v) is 3.49. The van der Waals surface area contributed by atoms with E-state index in [0.29, 0.717) is 18.0 Å². The molecule has 1 amide bonds. The molecule has 1 N–H and O–H groups in total. The highest BCUT2D eigenvalue weighted by atomic mass is 16.2. The molecule has 2 heterocycles. The largest absolute Gasteiger partial charge is 0.343 e. The van der Waals surface area contributed by atoms with Gasteiger partial charge >= 0.3 is 0 Å². The molecule has 0 saturated carbocycles. The highest BCUT2D eigenvalue weighted by Gasteiger charge is 2.28. The normalized spacial score (nSPS) is 29.4. The Bertz CT molecular complexity index is 315. The minimum Gasteiger partial charge on any atom is -0.343 e. The molecular formula is C16H31N3O. The number of nitrogens with zero attached hydrogens (tertiary/aromatic N) is 2. The molecule has 0 aromatic carbocycles. The Balaban J connectivity index is 1.73. The number of piperidine rings is 2. The highest BCUT2D eigenvalue weighted by Crippen LogP contribution is 2.22. The molecule has 0 aromatic heterocycles. The van der Waals surface area contributed by atoms with Crippen molar-refractivity contribution in [3.63, 3.8) is 0 Å². The maximum absolute atomic E-state index is 12.4. The second kappa shape index (κ2) is 7.41. The van der Waals surface area contributed by atoms with Gasteiger partial charge in [0.05, 0.1) is 0 Å². The lowest BCUT2D eigenvalue weighted by molar-refractivity contribution is -0.133. The van der Waals surface area contributed by atoms with E-state index in [-0.39, 0.29) is 0 Å². The summed E-state index contributed by atoms with van der Waals surface area (Å²) in [5.41, 5.74) is 0. The van der Waals surface area contributed by atoms with Crippen LogP contribution in [0.3, 0.4) is 0 Å². The Kier molecular flexibility index (Phi) is 5.85. The first-order chi connectivity index (χ1) is 9.58. The fourth-order valence-electron chi connectivity index (χ4n) is 3.49. The summed E-state index contributed by atoms with van der Waals surface area (Å²) in [4.78, 5) is 16.8. The molecule has 0 spiro atoms. The molecule has 4 nitrogen and oxygen atoms in total. The van der Waals surface area contributed by atoms with Gasteiger partial charge in [0, 0.05) is 32.1 Å². The molecule has 2 aliphatic rings. The highest BCUT2D eigenvalue weighted by molar-refractivity contribution is 5.76. The van der Waals surface area contributed by atoms with Gasteiger partial charge in [-0.15, -0.1) is 0 Å². The molecule has 0 bridgehead atoms. The van der Waals surface area contributed by atoms with Gasteiger partial charge in [-0.25, -0.2) is 0 Å². The smallest absolute Gasteiger partial charge is 0.222 e. The van der Waals surface area contributed by atoms with Gasteiger partial charge in [-0.1, -0.05) is 0 Å². The summed E-state index contributed by atoms with van der Waals surface area (Å²) in [5, 5.41) is 3.39. The second-order valence-electron chi connectivity index (χ2n) is 6.74. The van der Waals surface area contributed by atoms with Crippen LogP contribution in [0.1, 0.15) is 45.4 Å². The molecule has 2 fully saturated rings. The van der Waals surface area contributed by atoms with Crippen LogP contribution in [-0.4, -0.2) is 61.5 Å². The lowest BCUT2D eigenvalue weighted by Crippen LogP contribution is -2.48. The minimum atomic E-state index is 0.352. The first-order valence-corrected chi connectivity index (χ1v) is 8.24. The van der Waals surface area contributed by atoms with Gasteiger partial charge in [-0.3, -0.25) is 4.79 Å². The Morgan fingerprint density at radius 1 is 1.30 bits per heavy atom. The van der Waals surface area contributed by atoms with Gasteiger partial charge in [0.25, 0.3) is 0 Å². The van der Waals surface area contributed by atoms with Crippen LogP contribution in [0.4, 0.5) is 0 Å².